The number of nitrogens with zero attached hydrogens (tertiary/aromatic N) is 2. The van der Waals surface area contributed by atoms with Gasteiger partial charge in [0, 0.05) is 16.8 Å². The van der Waals surface area contributed by atoms with Crippen molar-refractivity contribution in [3.05, 3.63) is 65.9 Å². The average Bonchev–Trinajstić information content (AvgIpc) is 3.17. The van der Waals surface area contributed by atoms with E-state index in [1.807, 2.05) is 0 Å². The van der Waals surface area contributed by atoms with E-state index >= 15 is 0 Å². The molecule has 0 aliphatic carbocycles. The first-order valence-electron chi connectivity index (χ1n) is 12.5. The maximum atomic E-state index is 2.60. The molecule has 0 spiro atoms. The number of hydrogen-bond acceptors (Lipinski definition) is 0. The van der Waals surface area contributed by atoms with E-state index in [1.54, 1.807) is 5.19 Å². The molecule has 6 aromatic rings. The highest BCUT2D eigenvalue weighted by Crippen LogP contribution is 2.42. The molecule has 0 bridgehead atoms. The van der Waals surface area contributed by atoms with Crippen LogP contribution in [0.3, 0.4) is 0 Å². The van der Waals surface area contributed by atoms with Gasteiger partial charge in [-0.2, -0.15) is 0 Å². The second kappa shape index (κ2) is 7.04. The van der Waals surface area contributed by atoms with Crippen molar-refractivity contribution >= 4 is 62.3 Å². The lowest BCUT2D eigenvalue weighted by Gasteiger charge is -2.29. The number of aromatic nitrogens is 2. The molecule has 0 N–H and O–H groups in total. The molecular formula is C30H33N2Si+. The Balaban J connectivity index is 2.00. The molecule has 33 heavy (non-hydrogen) atoms. The van der Waals surface area contributed by atoms with E-state index in [1.165, 1.54) is 78.3 Å². The second-order valence-electron chi connectivity index (χ2n) is 10.0. The standard InChI is InChI=1S/C30H33N2Si/c1-7-33(8-2,9-3)22-17-21-14-15-31(6)29-27-20(5)16-19(4)26-23-12-10-11-13-24(23)32(30(26)27)25(18-22)28(21)29/h10-18H,7-9H2,1-6H3/q+1. The van der Waals surface area contributed by atoms with Crippen LogP contribution in [0.15, 0.2) is 54.7 Å². The Morgan fingerprint density at radius 1 is 0.788 bits per heavy atom. The summed E-state index contributed by atoms with van der Waals surface area (Å²) in [7, 11) is 0.678. The molecule has 6 rings (SSSR count). The fraction of sp³-hybridized carbons (Fsp3) is 0.300. The number of benzene rings is 3. The van der Waals surface area contributed by atoms with Crippen molar-refractivity contribution in [2.24, 2.45) is 7.05 Å². The third-order valence-electron chi connectivity index (χ3n) is 8.67. The highest BCUT2D eigenvalue weighted by molar-refractivity contribution is 6.92. The zero-order valence-corrected chi connectivity index (χ0v) is 21.7. The molecule has 0 fully saturated rings. The average molecular weight is 450 g/mol. The molecule has 0 atom stereocenters. The fourth-order valence-electron chi connectivity index (χ4n) is 6.71. The van der Waals surface area contributed by atoms with Crippen LogP contribution in [0.25, 0.3) is 49.0 Å². The fourth-order valence-corrected chi connectivity index (χ4v) is 10.3. The normalized spacial score (nSPS) is 12.9. The Bertz CT molecular complexity index is 1690. The summed E-state index contributed by atoms with van der Waals surface area (Å²) in [4.78, 5) is 0. The number of fused-ring (bicyclic) bond motifs is 5. The van der Waals surface area contributed by atoms with Crippen molar-refractivity contribution in [2.45, 2.75) is 52.8 Å². The molecule has 166 valence electrons. The zero-order valence-electron chi connectivity index (χ0n) is 20.7. The molecule has 3 heterocycles. The van der Waals surface area contributed by atoms with Crippen LogP contribution in [0.5, 0.6) is 0 Å². The Labute approximate surface area is 196 Å². The second-order valence-corrected chi connectivity index (χ2v) is 15.3. The molecule has 0 aliphatic rings. The van der Waals surface area contributed by atoms with Crippen LogP contribution >= 0.6 is 0 Å². The molecule has 0 aliphatic heterocycles. The SMILES string of the molecule is CC[Si](CC)(CC)c1cc2cc[n+](C)c3c4c(C)cc(C)c5c6ccccc6n(c(c1)c23)c54. The molecule has 0 saturated carbocycles. The molecular weight excluding hydrogens is 416 g/mol. The third-order valence-corrected chi connectivity index (χ3v) is 14.2. The molecule has 0 saturated heterocycles. The minimum Gasteiger partial charge on any atom is -0.307 e. The van der Waals surface area contributed by atoms with Gasteiger partial charge in [-0.1, -0.05) is 74.4 Å². The molecule has 2 nitrogen and oxygen atoms in total. The van der Waals surface area contributed by atoms with Gasteiger partial charge in [0.25, 0.3) is 0 Å². The van der Waals surface area contributed by atoms with Crippen LogP contribution in [0.4, 0.5) is 0 Å². The van der Waals surface area contributed by atoms with Gasteiger partial charge >= 0.3 is 0 Å². The summed E-state index contributed by atoms with van der Waals surface area (Å²) in [6.07, 6.45) is 2.27. The van der Waals surface area contributed by atoms with Crippen LogP contribution in [-0.4, -0.2) is 12.5 Å². The first kappa shape index (κ1) is 20.7. The molecule has 0 unspecified atom stereocenters. The van der Waals surface area contributed by atoms with E-state index in [-0.39, 0.29) is 0 Å². The molecule has 3 aromatic carbocycles. The predicted molar refractivity (Wildman–Crippen MR) is 146 cm³/mol. The van der Waals surface area contributed by atoms with Crippen molar-refractivity contribution in [2.75, 3.05) is 0 Å². The monoisotopic (exact) mass is 449 g/mol. The summed E-state index contributed by atoms with van der Waals surface area (Å²) < 4.78 is 4.94. The van der Waals surface area contributed by atoms with Gasteiger partial charge in [-0.25, -0.2) is 4.57 Å². The van der Waals surface area contributed by atoms with Gasteiger partial charge in [0.15, 0.2) is 6.20 Å². The summed E-state index contributed by atoms with van der Waals surface area (Å²) in [6.45, 7) is 11.8. The van der Waals surface area contributed by atoms with Gasteiger partial charge in [0.2, 0.25) is 5.52 Å². The van der Waals surface area contributed by atoms with E-state index < -0.39 is 8.07 Å². The summed E-state index contributed by atoms with van der Waals surface area (Å²) >= 11 is 0. The van der Waals surface area contributed by atoms with Crippen molar-refractivity contribution in [1.29, 1.82) is 0 Å². The number of hydrogen-bond donors (Lipinski definition) is 0. The summed E-state index contributed by atoms with van der Waals surface area (Å²) in [5, 5.41) is 8.58. The Morgan fingerprint density at radius 2 is 1.48 bits per heavy atom. The summed E-state index contributed by atoms with van der Waals surface area (Å²) in [5.74, 6) is 0. The van der Waals surface area contributed by atoms with E-state index in [0.29, 0.717) is 0 Å². The molecule has 0 amide bonds. The lowest BCUT2D eigenvalue weighted by molar-refractivity contribution is -0.643. The lowest BCUT2D eigenvalue weighted by Crippen LogP contribution is -2.45. The quantitative estimate of drug-likeness (QED) is 0.117. The number of para-hydroxylation sites is 1. The van der Waals surface area contributed by atoms with E-state index in [4.69, 9.17) is 0 Å². The van der Waals surface area contributed by atoms with Gasteiger partial charge in [0.1, 0.15) is 7.05 Å². The predicted octanol–water partition coefficient (Wildman–Crippen LogP) is 7.15. The first-order chi connectivity index (χ1) is 16.0. The van der Waals surface area contributed by atoms with E-state index in [9.17, 15) is 0 Å². The van der Waals surface area contributed by atoms with Crippen LogP contribution in [0, 0.1) is 13.8 Å². The van der Waals surface area contributed by atoms with Gasteiger partial charge in [0.05, 0.1) is 35.4 Å². The maximum Gasteiger partial charge on any atom is 0.224 e. The number of pyridine rings is 2. The zero-order chi connectivity index (χ0) is 23.1. The third kappa shape index (κ3) is 2.52. The minimum atomic E-state index is -1.53. The number of aryl methyl sites for hydroxylation is 3. The van der Waals surface area contributed by atoms with Gasteiger partial charge in [-0.05, 0) is 42.5 Å². The molecule has 0 radical (unpaired) electrons. The maximum absolute atomic E-state index is 2.60. The summed E-state index contributed by atoms with van der Waals surface area (Å²) in [6, 6.07) is 22.7. The van der Waals surface area contributed by atoms with Crippen LogP contribution in [0.1, 0.15) is 31.9 Å². The Kier molecular flexibility index (Phi) is 4.41. The van der Waals surface area contributed by atoms with Crippen LogP contribution < -0.4 is 9.75 Å². The molecule has 3 heteroatoms. The molecule has 3 aromatic heterocycles. The minimum absolute atomic E-state index is 1.30. The lowest BCUT2D eigenvalue weighted by atomic mass is 9.97. The van der Waals surface area contributed by atoms with Crippen molar-refractivity contribution in [1.82, 2.24) is 4.40 Å². The van der Waals surface area contributed by atoms with Gasteiger partial charge in [-0.15, -0.1) is 0 Å². The number of rotatable bonds is 4. The van der Waals surface area contributed by atoms with Crippen molar-refractivity contribution in [3.63, 3.8) is 0 Å². The summed E-state index contributed by atoms with van der Waals surface area (Å²) in [5.41, 5.74) is 8.19. The Hall–Kier alpha value is -2.91. The van der Waals surface area contributed by atoms with Crippen LogP contribution in [0.2, 0.25) is 18.1 Å². The van der Waals surface area contributed by atoms with Gasteiger partial charge < -0.3 is 4.40 Å². The van der Waals surface area contributed by atoms with Crippen molar-refractivity contribution in [3.8, 4) is 0 Å². The topological polar surface area (TPSA) is 8.29 Å². The first-order valence-corrected chi connectivity index (χ1v) is 15.1. The van der Waals surface area contributed by atoms with Crippen LogP contribution in [-0.2, 0) is 7.05 Å². The highest BCUT2D eigenvalue weighted by Gasteiger charge is 2.32. The largest absolute Gasteiger partial charge is 0.307 e. The van der Waals surface area contributed by atoms with E-state index in [0.717, 1.165) is 0 Å². The van der Waals surface area contributed by atoms with Crippen molar-refractivity contribution < 1.29 is 4.57 Å². The Morgan fingerprint density at radius 3 is 2.21 bits per heavy atom. The van der Waals surface area contributed by atoms with E-state index in [2.05, 4.69) is 105 Å². The van der Waals surface area contributed by atoms with Gasteiger partial charge in [-0.3, -0.25) is 0 Å². The highest BCUT2D eigenvalue weighted by atomic mass is 28.3. The smallest absolute Gasteiger partial charge is 0.224 e.